The van der Waals surface area contributed by atoms with Gasteiger partial charge in [0.1, 0.15) is 11.6 Å². The lowest BCUT2D eigenvalue weighted by Gasteiger charge is -2.09. The molecule has 1 aromatic rings. The molecule has 5 nitrogen and oxygen atoms in total. The molecule has 0 heterocycles. The van der Waals surface area contributed by atoms with Crippen LogP contribution >= 0.6 is 0 Å². The van der Waals surface area contributed by atoms with Crippen LogP contribution in [0.25, 0.3) is 0 Å². The Hall–Kier alpha value is -1.95. The van der Waals surface area contributed by atoms with Crippen LogP contribution in [0.4, 0.5) is 4.39 Å². The molecule has 0 aliphatic rings. The van der Waals surface area contributed by atoms with Gasteiger partial charge < -0.3 is 14.6 Å². The fraction of sp³-hybridized carbons (Fsp3) is 0.273. The van der Waals surface area contributed by atoms with Crippen LogP contribution in [0, 0.1) is 5.82 Å². The normalized spacial score (nSPS) is 10.1. The van der Waals surface area contributed by atoms with E-state index in [1.807, 2.05) is 0 Å². The molecule has 17 heavy (non-hydrogen) atoms. The average Bonchev–Trinajstić information content (AvgIpc) is 2.30. The fourth-order valence-corrected chi connectivity index (χ4v) is 1.35. The zero-order valence-electron chi connectivity index (χ0n) is 9.32. The van der Waals surface area contributed by atoms with Gasteiger partial charge in [-0.2, -0.15) is 0 Å². The number of ether oxygens (including phenoxy) is 2. The summed E-state index contributed by atoms with van der Waals surface area (Å²) in [6.45, 7) is 0.0867. The molecule has 0 bridgehead atoms. The van der Waals surface area contributed by atoms with E-state index in [0.29, 0.717) is 5.56 Å². The van der Waals surface area contributed by atoms with Crippen molar-refractivity contribution < 1.29 is 28.6 Å². The van der Waals surface area contributed by atoms with Crippen molar-refractivity contribution in [3.8, 4) is 5.75 Å². The number of ketones is 1. The summed E-state index contributed by atoms with van der Waals surface area (Å²) < 4.78 is 23.2. The Bertz CT molecular complexity index is 455. The van der Waals surface area contributed by atoms with Crippen molar-refractivity contribution in [3.05, 3.63) is 29.1 Å². The van der Waals surface area contributed by atoms with Gasteiger partial charge in [0, 0.05) is 18.7 Å². The lowest BCUT2D eigenvalue weighted by molar-refractivity contribution is -0.131. The van der Waals surface area contributed by atoms with Crippen LogP contribution in [0.5, 0.6) is 5.75 Å². The standard InChI is InChI=1S/C11H11FO5/c1-16-5-6-3-7(10(13)11(14)15)8(12)4-9(6)17-2/h3-4H,5H2,1-2H3,(H,14,15). The van der Waals surface area contributed by atoms with E-state index in [0.717, 1.165) is 12.1 Å². The van der Waals surface area contributed by atoms with Gasteiger partial charge in [-0.15, -0.1) is 0 Å². The first-order chi connectivity index (χ1) is 8.01. The molecular weight excluding hydrogens is 231 g/mol. The fourth-order valence-electron chi connectivity index (χ4n) is 1.35. The third-order valence-corrected chi connectivity index (χ3v) is 2.11. The molecule has 6 heteroatoms. The second kappa shape index (κ2) is 5.40. The molecule has 0 amide bonds. The van der Waals surface area contributed by atoms with Crippen molar-refractivity contribution in [2.45, 2.75) is 6.61 Å². The second-order valence-corrected chi connectivity index (χ2v) is 3.21. The molecule has 0 unspecified atom stereocenters. The highest BCUT2D eigenvalue weighted by Gasteiger charge is 2.21. The lowest BCUT2D eigenvalue weighted by Crippen LogP contribution is -2.15. The molecule has 1 rings (SSSR count). The van der Waals surface area contributed by atoms with Crippen LogP contribution in [0.1, 0.15) is 15.9 Å². The maximum atomic E-state index is 13.5. The molecule has 0 fully saturated rings. The molecule has 0 atom stereocenters. The van der Waals surface area contributed by atoms with Crippen molar-refractivity contribution in [2.24, 2.45) is 0 Å². The average molecular weight is 242 g/mol. The van der Waals surface area contributed by atoms with Crippen molar-refractivity contribution >= 4 is 11.8 Å². The molecule has 0 radical (unpaired) electrons. The second-order valence-electron chi connectivity index (χ2n) is 3.21. The summed E-state index contributed by atoms with van der Waals surface area (Å²) >= 11 is 0. The Labute approximate surface area is 96.8 Å². The maximum absolute atomic E-state index is 13.5. The quantitative estimate of drug-likeness (QED) is 0.621. The zero-order valence-corrected chi connectivity index (χ0v) is 9.32. The zero-order chi connectivity index (χ0) is 13.0. The number of hydrogen-bond donors (Lipinski definition) is 1. The Morgan fingerprint density at radius 1 is 1.35 bits per heavy atom. The number of methoxy groups -OCH3 is 2. The van der Waals surface area contributed by atoms with E-state index in [9.17, 15) is 14.0 Å². The van der Waals surface area contributed by atoms with Crippen molar-refractivity contribution in [2.75, 3.05) is 14.2 Å². The summed E-state index contributed by atoms with van der Waals surface area (Å²) in [6, 6.07) is 2.08. The number of benzene rings is 1. The third-order valence-electron chi connectivity index (χ3n) is 2.11. The summed E-state index contributed by atoms with van der Waals surface area (Å²) in [6.07, 6.45) is 0. The van der Waals surface area contributed by atoms with Gasteiger partial charge in [0.2, 0.25) is 0 Å². The highest BCUT2D eigenvalue weighted by atomic mass is 19.1. The van der Waals surface area contributed by atoms with Crippen LogP contribution in [0.15, 0.2) is 12.1 Å². The van der Waals surface area contributed by atoms with Crippen LogP contribution in [-0.4, -0.2) is 31.1 Å². The molecule has 1 aromatic carbocycles. The Morgan fingerprint density at radius 2 is 2.00 bits per heavy atom. The third kappa shape index (κ3) is 2.79. The smallest absolute Gasteiger partial charge is 0.377 e. The Morgan fingerprint density at radius 3 is 2.47 bits per heavy atom. The summed E-state index contributed by atoms with van der Waals surface area (Å²) in [4.78, 5) is 21.7. The van der Waals surface area contributed by atoms with Crippen LogP contribution in [0.2, 0.25) is 0 Å². The molecule has 0 aliphatic heterocycles. The van der Waals surface area contributed by atoms with Crippen LogP contribution < -0.4 is 4.74 Å². The number of rotatable bonds is 5. The van der Waals surface area contributed by atoms with Crippen LogP contribution in [0.3, 0.4) is 0 Å². The highest BCUT2D eigenvalue weighted by Crippen LogP contribution is 2.24. The molecule has 0 aliphatic carbocycles. The first-order valence-electron chi connectivity index (χ1n) is 4.64. The van der Waals surface area contributed by atoms with Gasteiger partial charge in [0.25, 0.3) is 5.78 Å². The van der Waals surface area contributed by atoms with Gasteiger partial charge in [-0.25, -0.2) is 9.18 Å². The number of aliphatic carboxylic acids is 1. The van der Waals surface area contributed by atoms with Gasteiger partial charge >= 0.3 is 5.97 Å². The van der Waals surface area contributed by atoms with Gasteiger partial charge in [0.05, 0.1) is 19.3 Å². The first-order valence-corrected chi connectivity index (χ1v) is 4.64. The van der Waals surface area contributed by atoms with E-state index in [-0.39, 0.29) is 12.4 Å². The molecule has 0 saturated carbocycles. The van der Waals surface area contributed by atoms with E-state index >= 15 is 0 Å². The predicted octanol–water partition coefficient (Wildman–Crippen LogP) is 1.25. The summed E-state index contributed by atoms with van der Waals surface area (Å²) in [5, 5.41) is 8.53. The van der Waals surface area contributed by atoms with Crippen molar-refractivity contribution in [1.82, 2.24) is 0 Å². The van der Waals surface area contributed by atoms with Gasteiger partial charge in [0.15, 0.2) is 0 Å². The molecule has 1 N–H and O–H groups in total. The minimum Gasteiger partial charge on any atom is -0.496 e. The SMILES string of the molecule is COCc1cc(C(=O)C(=O)O)c(F)cc1OC. The van der Waals surface area contributed by atoms with Crippen molar-refractivity contribution in [1.29, 1.82) is 0 Å². The number of carboxylic acids is 1. The van der Waals surface area contributed by atoms with E-state index in [2.05, 4.69) is 0 Å². The molecule has 0 saturated heterocycles. The first kappa shape index (κ1) is 13.1. The van der Waals surface area contributed by atoms with Gasteiger partial charge in [-0.3, -0.25) is 4.79 Å². The number of carbonyl (C=O) groups is 2. The summed E-state index contributed by atoms with van der Waals surface area (Å²) in [5.41, 5.74) is -0.105. The number of carbonyl (C=O) groups excluding carboxylic acids is 1. The molecule has 0 spiro atoms. The van der Waals surface area contributed by atoms with E-state index in [1.165, 1.54) is 14.2 Å². The van der Waals surface area contributed by atoms with E-state index in [4.69, 9.17) is 14.6 Å². The van der Waals surface area contributed by atoms with Crippen molar-refractivity contribution in [3.63, 3.8) is 0 Å². The van der Waals surface area contributed by atoms with E-state index < -0.39 is 23.1 Å². The number of halogens is 1. The Balaban J connectivity index is 3.28. The molecule has 92 valence electrons. The minimum absolute atomic E-state index is 0.0867. The van der Waals surface area contributed by atoms with Crippen LogP contribution in [-0.2, 0) is 16.1 Å². The monoisotopic (exact) mass is 242 g/mol. The number of carboxylic acid groups (broad SMARTS) is 1. The van der Waals surface area contributed by atoms with E-state index in [1.54, 1.807) is 0 Å². The molecular formula is C11H11FO5. The largest absolute Gasteiger partial charge is 0.496 e. The number of hydrogen-bond acceptors (Lipinski definition) is 4. The predicted molar refractivity (Wildman–Crippen MR) is 55.6 cm³/mol. The topological polar surface area (TPSA) is 72.8 Å². The van der Waals surface area contributed by atoms with Gasteiger partial charge in [-0.05, 0) is 6.07 Å². The Kier molecular flexibility index (Phi) is 4.17. The minimum atomic E-state index is -1.71. The summed E-state index contributed by atoms with van der Waals surface area (Å²) in [5.74, 6) is -3.75. The summed E-state index contributed by atoms with van der Waals surface area (Å²) in [7, 11) is 2.76. The maximum Gasteiger partial charge on any atom is 0.377 e. The lowest BCUT2D eigenvalue weighted by atomic mass is 10.1. The van der Waals surface area contributed by atoms with Gasteiger partial charge in [-0.1, -0.05) is 0 Å². The highest BCUT2D eigenvalue weighted by molar-refractivity contribution is 6.39. The number of Topliss-reactive ketones (excluding diaryl/α,β-unsaturated/α-hetero) is 1. The molecule has 0 aromatic heterocycles.